The molecule has 3 N–H and O–H groups in total. The van der Waals surface area contributed by atoms with Gasteiger partial charge < -0.3 is 11.1 Å². The van der Waals surface area contributed by atoms with Gasteiger partial charge in [-0.15, -0.1) is 0 Å². The Labute approximate surface area is 110 Å². The second kappa shape index (κ2) is 12.2. The fraction of sp³-hybridized carbons (Fsp3) is 0.923. The third-order valence-corrected chi connectivity index (χ3v) is 3.48. The van der Waals surface area contributed by atoms with Crippen molar-refractivity contribution in [2.24, 2.45) is 5.73 Å². The van der Waals surface area contributed by atoms with Gasteiger partial charge in [0.1, 0.15) is 0 Å². The predicted octanol–water partition coefficient (Wildman–Crippen LogP) is 2.54. The molecule has 0 radical (unpaired) electrons. The van der Waals surface area contributed by atoms with Crippen LogP contribution in [0.5, 0.6) is 0 Å². The van der Waals surface area contributed by atoms with Gasteiger partial charge >= 0.3 is 0 Å². The minimum absolute atomic E-state index is 0.0163. The summed E-state index contributed by atoms with van der Waals surface area (Å²) >= 11 is 1.90. The second-order valence-corrected chi connectivity index (χ2v) is 5.43. The smallest absolute Gasteiger partial charge is 0.236 e. The van der Waals surface area contributed by atoms with Gasteiger partial charge in [-0.2, -0.15) is 11.8 Å². The van der Waals surface area contributed by atoms with E-state index in [0.717, 1.165) is 32.2 Å². The molecule has 0 saturated carbocycles. The zero-order valence-electron chi connectivity index (χ0n) is 11.3. The zero-order valence-corrected chi connectivity index (χ0v) is 12.2. The number of rotatable bonds is 11. The first-order chi connectivity index (χ1) is 8.22. The van der Waals surface area contributed by atoms with Crippen LogP contribution in [-0.2, 0) is 4.79 Å². The Morgan fingerprint density at radius 1 is 1.24 bits per heavy atom. The van der Waals surface area contributed by atoms with Gasteiger partial charge in [0.25, 0.3) is 0 Å². The van der Waals surface area contributed by atoms with E-state index in [-0.39, 0.29) is 11.9 Å². The number of hydrogen-bond donors (Lipinski definition) is 2. The molecule has 4 heteroatoms. The summed E-state index contributed by atoms with van der Waals surface area (Å²) in [6.45, 7) is 2.89. The molecule has 3 nitrogen and oxygen atoms in total. The largest absolute Gasteiger partial charge is 0.355 e. The summed E-state index contributed by atoms with van der Waals surface area (Å²) in [6, 6.07) is -0.313. The number of amides is 1. The second-order valence-electron chi connectivity index (χ2n) is 4.45. The van der Waals surface area contributed by atoms with Crippen molar-refractivity contribution in [2.45, 2.75) is 57.9 Å². The lowest BCUT2D eigenvalue weighted by Crippen LogP contribution is -2.40. The van der Waals surface area contributed by atoms with Crippen LogP contribution in [0.3, 0.4) is 0 Å². The zero-order chi connectivity index (χ0) is 12.9. The van der Waals surface area contributed by atoms with Crippen LogP contribution in [0.25, 0.3) is 0 Å². The van der Waals surface area contributed by atoms with Crippen LogP contribution in [0.4, 0.5) is 0 Å². The Morgan fingerprint density at radius 2 is 1.94 bits per heavy atom. The van der Waals surface area contributed by atoms with E-state index in [1.165, 1.54) is 25.0 Å². The Hall–Kier alpha value is -0.220. The maximum Gasteiger partial charge on any atom is 0.236 e. The van der Waals surface area contributed by atoms with Gasteiger partial charge in [-0.1, -0.05) is 32.6 Å². The van der Waals surface area contributed by atoms with E-state index < -0.39 is 0 Å². The van der Waals surface area contributed by atoms with Gasteiger partial charge in [0.05, 0.1) is 6.04 Å². The lowest BCUT2D eigenvalue weighted by Gasteiger charge is -2.11. The molecule has 0 spiro atoms. The van der Waals surface area contributed by atoms with Crippen LogP contribution in [0.2, 0.25) is 0 Å². The van der Waals surface area contributed by atoms with Crippen molar-refractivity contribution >= 4 is 17.7 Å². The van der Waals surface area contributed by atoms with Crippen molar-refractivity contribution in [3.63, 3.8) is 0 Å². The van der Waals surface area contributed by atoms with E-state index >= 15 is 0 Å². The van der Waals surface area contributed by atoms with Gasteiger partial charge in [-0.3, -0.25) is 4.79 Å². The van der Waals surface area contributed by atoms with Gasteiger partial charge in [0.2, 0.25) is 5.91 Å². The SMILES string of the molecule is CCCC[C@H](N)C(=O)NCCCCCCSC. The van der Waals surface area contributed by atoms with Crippen molar-refractivity contribution in [3.8, 4) is 0 Å². The molecule has 0 bridgehead atoms. The fourth-order valence-corrected chi connectivity index (χ4v) is 2.12. The summed E-state index contributed by atoms with van der Waals surface area (Å²) in [5.74, 6) is 1.26. The predicted molar refractivity (Wildman–Crippen MR) is 77.4 cm³/mol. The summed E-state index contributed by atoms with van der Waals surface area (Å²) < 4.78 is 0. The Bertz CT molecular complexity index is 188. The molecule has 0 heterocycles. The Balaban J connectivity index is 3.32. The van der Waals surface area contributed by atoms with Crippen LogP contribution in [-0.4, -0.2) is 30.5 Å². The monoisotopic (exact) mass is 260 g/mol. The first kappa shape index (κ1) is 16.8. The third kappa shape index (κ3) is 10.6. The van der Waals surface area contributed by atoms with E-state index in [1.807, 2.05) is 11.8 Å². The average Bonchev–Trinajstić information content (AvgIpc) is 2.34. The molecule has 1 atom stereocenters. The molecule has 17 heavy (non-hydrogen) atoms. The van der Waals surface area contributed by atoms with Gasteiger partial charge in [0, 0.05) is 6.54 Å². The number of nitrogens with one attached hydrogen (secondary N) is 1. The van der Waals surface area contributed by atoms with E-state index in [9.17, 15) is 4.79 Å². The van der Waals surface area contributed by atoms with Crippen LogP contribution in [0.1, 0.15) is 51.9 Å². The first-order valence-corrected chi connectivity index (χ1v) is 8.14. The molecule has 0 aliphatic rings. The number of carbonyl (C=O) groups excluding carboxylic acids is 1. The summed E-state index contributed by atoms with van der Waals surface area (Å²) in [5.41, 5.74) is 5.77. The standard InChI is InChI=1S/C13H28N2OS/c1-3-4-9-12(14)13(16)15-10-7-5-6-8-11-17-2/h12H,3-11,14H2,1-2H3,(H,15,16)/t12-/m0/s1. The van der Waals surface area contributed by atoms with E-state index in [0.29, 0.717) is 0 Å². The highest BCUT2D eigenvalue weighted by Gasteiger charge is 2.11. The quantitative estimate of drug-likeness (QED) is 0.561. The molecule has 0 aliphatic carbocycles. The molecule has 0 fully saturated rings. The fourth-order valence-electron chi connectivity index (χ4n) is 1.62. The lowest BCUT2D eigenvalue weighted by atomic mass is 10.1. The van der Waals surface area contributed by atoms with Gasteiger partial charge in [0.15, 0.2) is 0 Å². The number of nitrogens with two attached hydrogens (primary N) is 1. The molecule has 0 aromatic heterocycles. The summed E-state index contributed by atoms with van der Waals surface area (Å²) in [7, 11) is 0. The number of carbonyl (C=O) groups is 1. The van der Waals surface area contributed by atoms with E-state index in [2.05, 4.69) is 18.5 Å². The molecule has 0 aliphatic heterocycles. The summed E-state index contributed by atoms with van der Waals surface area (Å²) in [5, 5.41) is 2.91. The highest BCUT2D eigenvalue weighted by molar-refractivity contribution is 7.98. The first-order valence-electron chi connectivity index (χ1n) is 6.74. The molecule has 102 valence electrons. The summed E-state index contributed by atoms with van der Waals surface area (Å²) in [6.07, 6.45) is 9.88. The van der Waals surface area contributed by atoms with E-state index in [4.69, 9.17) is 5.73 Å². The number of hydrogen-bond acceptors (Lipinski definition) is 3. The molecule has 0 rings (SSSR count). The molecule has 0 unspecified atom stereocenters. The maximum atomic E-state index is 11.5. The van der Waals surface area contributed by atoms with Crippen molar-refractivity contribution in [1.82, 2.24) is 5.32 Å². The van der Waals surface area contributed by atoms with Crippen LogP contribution < -0.4 is 11.1 Å². The van der Waals surface area contributed by atoms with E-state index in [1.54, 1.807) is 0 Å². The summed E-state index contributed by atoms with van der Waals surface area (Å²) in [4.78, 5) is 11.5. The van der Waals surface area contributed by atoms with Crippen molar-refractivity contribution in [3.05, 3.63) is 0 Å². The van der Waals surface area contributed by atoms with Crippen LogP contribution in [0.15, 0.2) is 0 Å². The van der Waals surface area contributed by atoms with Crippen molar-refractivity contribution in [1.29, 1.82) is 0 Å². The molecule has 1 amide bonds. The van der Waals surface area contributed by atoms with Crippen molar-refractivity contribution in [2.75, 3.05) is 18.6 Å². The molecule has 0 saturated heterocycles. The minimum atomic E-state index is -0.313. The minimum Gasteiger partial charge on any atom is -0.355 e. The topological polar surface area (TPSA) is 55.1 Å². The number of thioether (sulfide) groups is 1. The Morgan fingerprint density at radius 3 is 2.59 bits per heavy atom. The average molecular weight is 260 g/mol. The highest BCUT2D eigenvalue weighted by Crippen LogP contribution is 2.04. The maximum absolute atomic E-state index is 11.5. The van der Waals surface area contributed by atoms with Gasteiger partial charge in [-0.25, -0.2) is 0 Å². The Kier molecular flexibility index (Phi) is 12.1. The molecule has 0 aromatic rings. The van der Waals surface area contributed by atoms with Crippen LogP contribution >= 0.6 is 11.8 Å². The molecule has 0 aromatic carbocycles. The van der Waals surface area contributed by atoms with Crippen molar-refractivity contribution < 1.29 is 4.79 Å². The lowest BCUT2D eigenvalue weighted by molar-refractivity contribution is -0.122. The highest BCUT2D eigenvalue weighted by atomic mass is 32.2. The van der Waals surface area contributed by atoms with Gasteiger partial charge in [-0.05, 0) is 31.3 Å². The normalized spacial score (nSPS) is 12.4. The molecular formula is C13H28N2OS. The third-order valence-electron chi connectivity index (χ3n) is 2.78. The van der Waals surface area contributed by atoms with Crippen LogP contribution in [0, 0.1) is 0 Å². The molecular weight excluding hydrogens is 232 g/mol. The number of unbranched alkanes of at least 4 members (excludes halogenated alkanes) is 4.